The Morgan fingerprint density at radius 1 is 0.722 bits per heavy atom. The molecule has 2 aliphatic rings. The average Bonchev–Trinajstić information content (AvgIpc) is 3.39. The third-order valence-electron chi connectivity index (χ3n) is 8.17. The molecule has 2 aromatic rings. The Hall–Kier alpha value is -2.17. The van der Waals surface area contributed by atoms with Crippen molar-refractivity contribution < 1.29 is 27.8 Å². The van der Waals surface area contributed by atoms with Gasteiger partial charge in [0.25, 0.3) is 0 Å². The summed E-state index contributed by atoms with van der Waals surface area (Å²) in [6.45, 7) is 22.8. The van der Waals surface area contributed by atoms with Crippen molar-refractivity contribution in [3.63, 3.8) is 0 Å². The Balaban J connectivity index is 1.69. The summed E-state index contributed by atoms with van der Waals surface area (Å²) in [6, 6.07) is 10.1. The molecule has 0 aromatic heterocycles. The Morgan fingerprint density at radius 2 is 1.28 bits per heavy atom. The van der Waals surface area contributed by atoms with Gasteiger partial charge in [-0.15, -0.1) is 0 Å². The minimum Gasteiger partial charge on any atom is -0.543 e. The number of hydrogen-bond donors (Lipinski definition) is 0. The summed E-state index contributed by atoms with van der Waals surface area (Å²) < 4.78 is 36.6. The second-order valence-corrected chi connectivity index (χ2v) is 22.3. The highest BCUT2D eigenvalue weighted by Crippen LogP contribution is 2.58. The number of methoxy groups -OCH3 is 1. The number of ether oxygens (including phenoxy) is 4. The van der Waals surface area contributed by atoms with Crippen LogP contribution in [-0.2, 0) is 4.74 Å². The van der Waals surface area contributed by atoms with Crippen molar-refractivity contribution in [3.05, 3.63) is 41.5 Å². The molecule has 36 heavy (non-hydrogen) atoms. The average molecular weight is 531 g/mol. The van der Waals surface area contributed by atoms with E-state index in [0.29, 0.717) is 5.75 Å². The van der Waals surface area contributed by atoms with Crippen LogP contribution in [0.2, 0.25) is 36.3 Å². The molecule has 0 N–H and O–H groups in total. The Bertz CT molecular complexity index is 1130. The molecule has 198 valence electrons. The van der Waals surface area contributed by atoms with Crippen LogP contribution < -0.4 is 23.1 Å². The van der Waals surface area contributed by atoms with E-state index < -0.39 is 16.6 Å². The fraction of sp³-hybridized carbons (Fsp3) is 0.571. The summed E-state index contributed by atoms with van der Waals surface area (Å²) in [6.07, 6.45) is -0.288. The maximum absolute atomic E-state index is 6.87. The van der Waals surface area contributed by atoms with Crippen molar-refractivity contribution >= 4 is 16.6 Å². The molecule has 0 saturated carbocycles. The lowest BCUT2D eigenvalue weighted by Gasteiger charge is -2.38. The van der Waals surface area contributed by atoms with Crippen LogP contribution in [0.25, 0.3) is 0 Å². The minimum atomic E-state index is -2.11. The van der Waals surface area contributed by atoms with Gasteiger partial charge in [-0.2, -0.15) is 0 Å². The summed E-state index contributed by atoms with van der Waals surface area (Å²) in [5.74, 6) is 3.86. The summed E-state index contributed by atoms with van der Waals surface area (Å²) in [4.78, 5) is 0. The molecule has 4 rings (SSSR count). The van der Waals surface area contributed by atoms with Crippen LogP contribution in [0.5, 0.6) is 28.7 Å². The molecule has 8 heteroatoms. The van der Waals surface area contributed by atoms with Crippen LogP contribution in [-0.4, -0.2) is 30.5 Å². The molecule has 6 nitrogen and oxygen atoms in total. The summed E-state index contributed by atoms with van der Waals surface area (Å²) in [5, 5.41) is 0.164. The molecule has 0 radical (unpaired) electrons. The van der Waals surface area contributed by atoms with Gasteiger partial charge in [0.1, 0.15) is 29.5 Å². The summed E-state index contributed by atoms with van der Waals surface area (Å²) >= 11 is 0. The van der Waals surface area contributed by atoms with Crippen LogP contribution in [0.1, 0.15) is 64.9 Å². The van der Waals surface area contributed by atoms with E-state index in [0.717, 1.165) is 34.1 Å². The lowest BCUT2D eigenvalue weighted by atomic mass is 10.0. The van der Waals surface area contributed by atoms with Crippen molar-refractivity contribution in [2.24, 2.45) is 0 Å². The van der Waals surface area contributed by atoms with Crippen LogP contribution in [0.3, 0.4) is 0 Å². The topological polar surface area (TPSA) is 58.7 Å². The first-order valence-electron chi connectivity index (χ1n) is 12.7. The highest BCUT2D eigenvalue weighted by molar-refractivity contribution is 6.75. The smallest absolute Gasteiger partial charge is 0.250 e. The predicted molar refractivity (Wildman–Crippen MR) is 148 cm³/mol. The standard InChI is InChI=1S/C28H42O6Si2/c1-27(2,3)35(8,9)33-18-12-13-19(22(14-18)34-36(10,11)28(4,5)6)25-26(32-25)20-15-23-24(31-17-30-23)16-21(20)29-7/h12-16,25-26H,17H2,1-11H3. The van der Waals surface area contributed by atoms with E-state index in [2.05, 4.69) is 85.9 Å². The summed E-state index contributed by atoms with van der Waals surface area (Å²) in [7, 11) is -2.44. The SMILES string of the molecule is COc1cc2c(cc1C1OC1c1ccc(O[Si](C)(C)C(C)(C)C)cc1O[Si](C)(C)C(C)(C)C)OCO2. The largest absolute Gasteiger partial charge is 0.543 e. The molecule has 2 aromatic carbocycles. The Morgan fingerprint density at radius 3 is 1.86 bits per heavy atom. The van der Waals surface area contributed by atoms with E-state index in [4.69, 9.17) is 27.8 Å². The predicted octanol–water partition coefficient (Wildman–Crippen LogP) is 8.00. The van der Waals surface area contributed by atoms with Gasteiger partial charge in [-0.25, -0.2) is 0 Å². The van der Waals surface area contributed by atoms with Gasteiger partial charge in [-0.1, -0.05) is 41.5 Å². The van der Waals surface area contributed by atoms with Crippen molar-refractivity contribution in [1.29, 1.82) is 0 Å². The van der Waals surface area contributed by atoms with E-state index in [1.165, 1.54) is 0 Å². The maximum atomic E-state index is 6.87. The van der Waals surface area contributed by atoms with E-state index >= 15 is 0 Å². The highest BCUT2D eigenvalue weighted by atomic mass is 28.4. The van der Waals surface area contributed by atoms with Gasteiger partial charge in [0, 0.05) is 23.3 Å². The van der Waals surface area contributed by atoms with Crippen LogP contribution in [0, 0.1) is 0 Å². The van der Waals surface area contributed by atoms with Crippen molar-refractivity contribution in [1.82, 2.24) is 0 Å². The second-order valence-electron chi connectivity index (χ2n) is 12.8. The third-order valence-corrected chi connectivity index (χ3v) is 16.9. The molecular formula is C28H42O6Si2. The first kappa shape index (κ1) is 26.9. The quantitative estimate of drug-likeness (QED) is 0.267. The fourth-order valence-corrected chi connectivity index (χ4v) is 5.76. The molecule has 1 saturated heterocycles. The number of hydrogen-bond acceptors (Lipinski definition) is 6. The Kier molecular flexibility index (Phi) is 6.71. The van der Waals surface area contributed by atoms with Gasteiger partial charge >= 0.3 is 0 Å². The van der Waals surface area contributed by atoms with E-state index in [1.54, 1.807) is 7.11 Å². The normalized spacial score (nSPS) is 19.8. The van der Waals surface area contributed by atoms with Crippen molar-refractivity contribution in [2.45, 2.75) is 90.0 Å². The van der Waals surface area contributed by atoms with E-state index in [-0.39, 0.29) is 29.1 Å². The second kappa shape index (κ2) is 8.99. The van der Waals surface area contributed by atoms with E-state index in [9.17, 15) is 0 Å². The van der Waals surface area contributed by atoms with E-state index in [1.807, 2.05) is 12.1 Å². The minimum absolute atomic E-state index is 0.0604. The van der Waals surface area contributed by atoms with Crippen LogP contribution in [0.4, 0.5) is 0 Å². The zero-order valence-corrected chi connectivity index (χ0v) is 25.7. The number of rotatable bonds is 7. The van der Waals surface area contributed by atoms with Crippen molar-refractivity contribution in [2.75, 3.05) is 13.9 Å². The van der Waals surface area contributed by atoms with Gasteiger partial charge in [0.2, 0.25) is 23.4 Å². The molecule has 2 atom stereocenters. The maximum Gasteiger partial charge on any atom is 0.250 e. The molecule has 1 fully saturated rings. The summed E-state index contributed by atoms with van der Waals surface area (Å²) in [5.41, 5.74) is 1.98. The zero-order chi connectivity index (χ0) is 26.7. The van der Waals surface area contributed by atoms with Crippen LogP contribution >= 0.6 is 0 Å². The third kappa shape index (κ3) is 5.13. The zero-order valence-electron chi connectivity index (χ0n) is 23.7. The fourth-order valence-electron chi connectivity index (χ4n) is 3.70. The molecule has 0 spiro atoms. The lowest BCUT2D eigenvalue weighted by molar-refractivity contribution is 0.174. The van der Waals surface area contributed by atoms with Crippen LogP contribution in [0.15, 0.2) is 30.3 Å². The monoisotopic (exact) mass is 530 g/mol. The number of epoxide rings is 1. The highest BCUT2D eigenvalue weighted by Gasteiger charge is 2.47. The molecular weight excluding hydrogens is 488 g/mol. The van der Waals surface area contributed by atoms with Gasteiger partial charge in [0.15, 0.2) is 11.5 Å². The molecule has 2 heterocycles. The molecule has 0 aliphatic carbocycles. The lowest BCUT2D eigenvalue weighted by Crippen LogP contribution is -2.44. The van der Waals surface area contributed by atoms with Gasteiger partial charge < -0.3 is 27.8 Å². The molecule has 2 unspecified atom stereocenters. The molecule has 0 amide bonds. The first-order chi connectivity index (χ1) is 16.5. The molecule has 0 bridgehead atoms. The first-order valence-corrected chi connectivity index (χ1v) is 18.5. The Labute approximate surface area is 218 Å². The number of benzene rings is 2. The molecule has 2 aliphatic heterocycles. The van der Waals surface area contributed by atoms with Gasteiger partial charge in [0.05, 0.1) is 7.11 Å². The number of fused-ring (bicyclic) bond motifs is 1. The van der Waals surface area contributed by atoms with Gasteiger partial charge in [-0.3, -0.25) is 0 Å². The van der Waals surface area contributed by atoms with Crippen molar-refractivity contribution in [3.8, 4) is 28.7 Å². The van der Waals surface area contributed by atoms with Gasteiger partial charge in [-0.05, 0) is 54.5 Å².